The van der Waals surface area contributed by atoms with Crippen LogP contribution in [0.3, 0.4) is 0 Å². The third-order valence-corrected chi connectivity index (χ3v) is 2.68. The molecule has 0 bridgehead atoms. The molecule has 0 saturated carbocycles. The largest absolute Gasteiger partial charge is 0.344 e. The van der Waals surface area contributed by atoms with Crippen LogP contribution in [-0.2, 0) is 11.2 Å². The number of nitrogens with one attached hydrogen (secondary N) is 1. The van der Waals surface area contributed by atoms with Gasteiger partial charge in [0.05, 0.1) is 0 Å². The molecule has 0 aliphatic rings. The maximum Gasteiger partial charge on any atom is 0.227 e. The van der Waals surface area contributed by atoms with Crippen LogP contribution in [0.5, 0.6) is 0 Å². The van der Waals surface area contributed by atoms with Crippen molar-refractivity contribution < 1.29 is 9.32 Å². The van der Waals surface area contributed by atoms with Crippen LogP contribution in [0.15, 0.2) is 4.52 Å². The topological polar surface area (TPSA) is 71.3 Å². The molecule has 19 heavy (non-hydrogen) atoms. The van der Waals surface area contributed by atoms with Crippen molar-refractivity contribution in [2.24, 2.45) is 0 Å². The molecule has 1 aromatic heterocycles. The van der Waals surface area contributed by atoms with Crippen LogP contribution in [0.1, 0.15) is 37.9 Å². The lowest BCUT2D eigenvalue weighted by Gasteiger charge is -2.16. The van der Waals surface area contributed by atoms with Gasteiger partial charge in [-0.2, -0.15) is 4.98 Å². The van der Waals surface area contributed by atoms with Crippen LogP contribution in [0.25, 0.3) is 0 Å². The fourth-order valence-corrected chi connectivity index (χ4v) is 1.41. The fraction of sp³-hybridized carbons (Fsp3) is 0.750. The quantitative estimate of drug-likeness (QED) is 0.818. The molecule has 7 heteroatoms. The number of aryl methyl sites for hydroxylation is 1. The molecule has 1 aromatic rings. The second-order valence-electron chi connectivity index (χ2n) is 4.62. The molecule has 0 spiro atoms. The van der Waals surface area contributed by atoms with Crippen LogP contribution in [0, 0.1) is 0 Å². The number of halogens is 1. The molecule has 1 amide bonds. The highest BCUT2D eigenvalue weighted by Gasteiger charge is 2.13. The monoisotopic (exact) mass is 290 g/mol. The maximum atomic E-state index is 11.8. The van der Waals surface area contributed by atoms with Crippen LogP contribution in [0.4, 0.5) is 0 Å². The first-order valence-electron chi connectivity index (χ1n) is 6.25. The number of hydrogen-bond acceptors (Lipinski definition) is 5. The Morgan fingerprint density at radius 3 is 2.68 bits per heavy atom. The van der Waals surface area contributed by atoms with Gasteiger partial charge in [0.1, 0.15) is 0 Å². The van der Waals surface area contributed by atoms with Crippen LogP contribution >= 0.6 is 12.4 Å². The highest BCUT2D eigenvalue weighted by atomic mass is 35.5. The van der Waals surface area contributed by atoms with E-state index in [0.29, 0.717) is 31.1 Å². The lowest BCUT2D eigenvalue weighted by molar-refractivity contribution is -0.129. The molecule has 1 heterocycles. The molecule has 110 valence electrons. The van der Waals surface area contributed by atoms with Gasteiger partial charge in [-0.15, -0.1) is 12.4 Å². The normalized spacial score (nSPS) is 10.4. The Bertz CT molecular complexity index is 382. The Hall–Kier alpha value is -1.14. The van der Waals surface area contributed by atoms with E-state index in [4.69, 9.17) is 4.52 Å². The van der Waals surface area contributed by atoms with Crippen LogP contribution < -0.4 is 5.32 Å². The number of likely N-dealkylation sites (N-methyl/N-ethyl adjacent to an activating group) is 2. The van der Waals surface area contributed by atoms with Gasteiger partial charge in [0.15, 0.2) is 5.82 Å². The maximum absolute atomic E-state index is 11.8. The van der Waals surface area contributed by atoms with Crippen LogP contribution in [0.2, 0.25) is 0 Å². The van der Waals surface area contributed by atoms with Crippen molar-refractivity contribution in [1.29, 1.82) is 0 Å². The van der Waals surface area contributed by atoms with Gasteiger partial charge in [0.2, 0.25) is 11.8 Å². The molecule has 0 radical (unpaired) electrons. The summed E-state index contributed by atoms with van der Waals surface area (Å²) in [7, 11) is 3.66. The lowest BCUT2D eigenvalue weighted by Crippen LogP contribution is -2.32. The Kier molecular flexibility index (Phi) is 8.34. The molecule has 1 N–H and O–H groups in total. The third kappa shape index (κ3) is 6.02. The number of nitrogens with zero attached hydrogens (tertiary/aromatic N) is 3. The van der Waals surface area contributed by atoms with Crippen molar-refractivity contribution in [1.82, 2.24) is 20.4 Å². The summed E-state index contributed by atoms with van der Waals surface area (Å²) in [6.45, 7) is 5.51. The zero-order valence-corrected chi connectivity index (χ0v) is 12.8. The zero-order valence-electron chi connectivity index (χ0n) is 12.0. The first-order valence-corrected chi connectivity index (χ1v) is 6.25. The average molecular weight is 291 g/mol. The summed E-state index contributed by atoms with van der Waals surface area (Å²) in [5, 5.41) is 6.88. The Morgan fingerprint density at radius 2 is 2.16 bits per heavy atom. The SMILES string of the molecule is CNCCN(C)C(=O)CCc1nc(C(C)C)no1.Cl. The van der Waals surface area contributed by atoms with Gasteiger partial charge in [-0.25, -0.2) is 0 Å². The lowest BCUT2D eigenvalue weighted by atomic mass is 10.2. The van der Waals surface area contributed by atoms with Gasteiger partial charge >= 0.3 is 0 Å². The number of aromatic nitrogens is 2. The van der Waals surface area contributed by atoms with Gasteiger partial charge in [0.25, 0.3) is 0 Å². The highest BCUT2D eigenvalue weighted by Crippen LogP contribution is 2.10. The van der Waals surface area contributed by atoms with Gasteiger partial charge in [-0.3, -0.25) is 4.79 Å². The van der Waals surface area contributed by atoms with Crippen molar-refractivity contribution in [3.63, 3.8) is 0 Å². The number of carbonyl (C=O) groups excluding carboxylic acids is 1. The van der Waals surface area contributed by atoms with Gasteiger partial charge in [-0.05, 0) is 7.05 Å². The molecule has 0 unspecified atom stereocenters. The minimum Gasteiger partial charge on any atom is -0.344 e. The standard InChI is InChI=1S/C12H22N4O2.ClH/c1-9(2)12-14-10(18-15-12)5-6-11(17)16(4)8-7-13-3;/h9,13H,5-8H2,1-4H3;1H. The predicted octanol–water partition coefficient (Wildman–Crippen LogP) is 1.23. The number of amides is 1. The first-order chi connectivity index (χ1) is 8.54. The average Bonchev–Trinajstić information content (AvgIpc) is 2.81. The third-order valence-electron chi connectivity index (χ3n) is 2.68. The molecule has 6 nitrogen and oxygen atoms in total. The molecule has 0 atom stereocenters. The van der Waals surface area contributed by atoms with E-state index in [0.717, 1.165) is 6.54 Å². The van der Waals surface area contributed by atoms with E-state index < -0.39 is 0 Å². The summed E-state index contributed by atoms with van der Waals surface area (Å²) < 4.78 is 5.09. The smallest absolute Gasteiger partial charge is 0.227 e. The Morgan fingerprint density at radius 1 is 1.47 bits per heavy atom. The van der Waals surface area contributed by atoms with Gasteiger partial charge < -0.3 is 14.7 Å². The summed E-state index contributed by atoms with van der Waals surface area (Å²) in [4.78, 5) is 17.7. The minimum atomic E-state index is 0. The summed E-state index contributed by atoms with van der Waals surface area (Å²) in [6, 6.07) is 0. The Balaban J connectivity index is 0.00000324. The molecule has 0 aliphatic heterocycles. The van der Waals surface area contributed by atoms with E-state index in [9.17, 15) is 4.79 Å². The van der Waals surface area contributed by atoms with Crippen molar-refractivity contribution in [2.45, 2.75) is 32.6 Å². The van der Waals surface area contributed by atoms with E-state index in [2.05, 4.69) is 15.5 Å². The van der Waals surface area contributed by atoms with E-state index in [1.165, 1.54) is 0 Å². The second-order valence-corrected chi connectivity index (χ2v) is 4.62. The highest BCUT2D eigenvalue weighted by molar-refractivity contribution is 5.85. The van der Waals surface area contributed by atoms with E-state index >= 15 is 0 Å². The Labute approximate surface area is 120 Å². The predicted molar refractivity (Wildman–Crippen MR) is 75.5 cm³/mol. The molecule has 1 rings (SSSR count). The first kappa shape index (κ1) is 17.9. The molecule has 0 fully saturated rings. The van der Waals surface area contributed by atoms with E-state index in [-0.39, 0.29) is 24.2 Å². The zero-order chi connectivity index (χ0) is 13.5. The number of rotatable bonds is 7. The van der Waals surface area contributed by atoms with Crippen molar-refractivity contribution >= 4 is 18.3 Å². The molecule has 0 aliphatic carbocycles. The molecular weight excluding hydrogens is 268 g/mol. The number of hydrogen-bond donors (Lipinski definition) is 1. The minimum absolute atomic E-state index is 0. The summed E-state index contributed by atoms with van der Waals surface area (Å²) >= 11 is 0. The summed E-state index contributed by atoms with van der Waals surface area (Å²) in [5.74, 6) is 1.57. The van der Waals surface area contributed by atoms with Gasteiger partial charge in [-0.1, -0.05) is 19.0 Å². The van der Waals surface area contributed by atoms with Crippen molar-refractivity contribution in [3.05, 3.63) is 11.7 Å². The molecule has 0 aromatic carbocycles. The summed E-state index contributed by atoms with van der Waals surface area (Å²) in [6.07, 6.45) is 0.905. The van der Waals surface area contributed by atoms with Gasteiger partial charge in [0, 0.05) is 38.9 Å². The number of carbonyl (C=O) groups is 1. The summed E-state index contributed by atoms with van der Waals surface area (Å²) in [5.41, 5.74) is 0. The van der Waals surface area contributed by atoms with E-state index in [1.54, 1.807) is 11.9 Å². The van der Waals surface area contributed by atoms with E-state index in [1.807, 2.05) is 20.9 Å². The second kappa shape index (κ2) is 8.87. The van der Waals surface area contributed by atoms with Crippen molar-refractivity contribution in [3.8, 4) is 0 Å². The van der Waals surface area contributed by atoms with Crippen LogP contribution in [-0.4, -0.2) is 48.1 Å². The molecule has 0 saturated heterocycles. The fourth-order valence-electron chi connectivity index (χ4n) is 1.41. The molecular formula is C12H23ClN4O2. The van der Waals surface area contributed by atoms with Crippen molar-refractivity contribution in [2.75, 3.05) is 27.2 Å².